The van der Waals surface area contributed by atoms with Gasteiger partial charge in [-0.3, -0.25) is 4.79 Å². The van der Waals surface area contributed by atoms with E-state index in [4.69, 9.17) is 9.26 Å². The second kappa shape index (κ2) is 8.31. The van der Waals surface area contributed by atoms with E-state index in [1.807, 2.05) is 31.2 Å². The van der Waals surface area contributed by atoms with Gasteiger partial charge in [0.15, 0.2) is 5.76 Å². The highest BCUT2D eigenvalue weighted by atomic mass is 19.1. The first-order chi connectivity index (χ1) is 14.1. The normalized spacial score (nSPS) is 13.5. The number of fused-ring (bicyclic) bond motifs is 1. The molecule has 0 fully saturated rings. The molecule has 29 heavy (non-hydrogen) atoms. The number of halogens is 1. The molecule has 5 nitrogen and oxygen atoms in total. The highest BCUT2D eigenvalue weighted by Gasteiger charge is 2.26. The Morgan fingerprint density at radius 1 is 1.21 bits per heavy atom. The van der Waals surface area contributed by atoms with Gasteiger partial charge < -0.3 is 14.2 Å². The molecule has 0 bridgehead atoms. The maximum atomic E-state index is 13.2. The summed E-state index contributed by atoms with van der Waals surface area (Å²) < 4.78 is 24.1. The standard InChI is InChI=1S/C23H21FN2O3/c1-2-28-19-10-3-16(4-11-19)5-12-22(27)26-14-13-21-20(15-26)23(29-25-21)17-6-8-18(24)9-7-17/h3-12H,2,13-15H2,1H3/b12-5+. The van der Waals surface area contributed by atoms with Gasteiger partial charge in [0.05, 0.1) is 18.8 Å². The Hall–Kier alpha value is -3.41. The Morgan fingerprint density at radius 2 is 1.97 bits per heavy atom. The lowest BCUT2D eigenvalue weighted by atomic mass is 10.0. The lowest BCUT2D eigenvalue weighted by Gasteiger charge is -2.25. The summed E-state index contributed by atoms with van der Waals surface area (Å²) in [4.78, 5) is 14.4. The molecule has 4 rings (SSSR count). The molecule has 0 saturated carbocycles. The van der Waals surface area contributed by atoms with Crippen LogP contribution in [0.25, 0.3) is 17.4 Å². The number of nitrogens with zero attached hydrogens (tertiary/aromatic N) is 2. The van der Waals surface area contributed by atoms with Crippen molar-refractivity contribution in [2.75, 3.05) is 13.2 Å². The summed E-state index contributed by atoms with van der Waals surface area (Å²) >= 11 is 0. The number of carbonyl (C=O) groups excluding carboxylic acids is 1. The maximum absolute atomic E-state index is 13.2. The highest BCUT2D eigenvalue weighted by Crippen LogP contribution is 2.30. The minimum absolute atomic E-state index is 0.0733. The Balaban J connectivity index is 1.47. The molecule has 2 heterocycles. The lowest BCUT2D eigenvalue weighted by molar-refractivity contribution is -0.126. The average molecular weight is 392 g/mol. The van der Waals surface area contributed by atoms with Gasteiger partial charge in [-0.25, -0.2) is 4.39 Å². The molecule has 0 radical (unpaired) electrons. The van der Waals surface area contributed by atoms with Crippen molar-refractivity contribution in [1.82, 2.24) is 10.1 Å². The van der Waals surface area contributed by atoms with E-state index in [9.17, 15) is 9.18 Å². The number of ether oxygens (including phenoxy) is 1. The first-order valence-corrected chi connectivity index (χ1v) is 9.57. The SMILES string of the molecule is CCOc1ccc(/C=C/C(=O)N2CCc3noc(-c4ccc(F)cc4)c3C2)cc1. The van der Waals surface area contributed by atoms with Gasteiger partial charge in [0.25, 0.3) is 0 Å². The predicted molar refractivity (Wildman–Crippen MR) is 108 cm³/mol. The lowest BCUT2D eigenvalue weighted by Crippen LogP contribution is -2.34. The van der Waals surface area contributed by atoms with Crippen molar-refractivity contribution < 1.29 is 18.4 Å². The van der Waals surface area contributed by atoms with Crippen LogP contribution in [0.2, 0.25) is 0 Å². The Morgan fingerprint density at radius 3 is 2.69 bits per heavy atom. The van der Waals surface area contributed by atoms with Crippen LogP contribution < -0.4 is 4.74 Å². The monoisotopic (exact) mass is 392 g/mol. The Kier molecular flexibility index (Phi) is 5.42. The zero-order chi connectivity index (χ0) is 20.2. The summed E-state index contributed by atoms with van der Waals surface area (Å²) in [5.41, 5.74) is 3.41. The number of amides is 1. The van der Waals surface area contributed by atoms with E-state index in [-0.39, 0.29) is 11.7 Å². The molecule has 1 aliphatic heterocycles. The van der Waals surface area contributed by atoms with E-state index in [1.54, 1.807) is 29.2 Å². The molecule has 1 aliphatic rings. The number of hydrogen-bond acceptors (Lipinski definition) is 4. The van der Waals surface area contributed by atoms with Crippen molar-refractivity contribution in [2.45, 2.75) is 19.9 Å². The summed E-state index contributed by atoms with van der Waals surface area (Å²) in [7, 11) is 0. The summed E-state index contributed by atoms with van der Waals surface area (Å²) in [5, 5.41) is 4.13. The molecule has 0 unspecified atom stereocenters. The van der Waals surface area contributed by atoms with Crippen molar-refractivity contribution in [1.29, 1.82) is 0 Å². The zero-order valence-electron chi connectivity index (χ0n) is 16.1. The molecule has 1 amide bonds. The minimum Gasteiger partial charge on any atom is -0.494 e. The van der Waals surface area contributed by atoms with Gasteiger partial charge in [-0.2, -0.15) is 0 Å². The van der Waals surface area contributed by atoms with Crippen molar-refractivity contribution in [3.63, 3.8) is 0 Å². The molecule has 6 heteroatoms. The summed E-state index contributed by atoms with van der Waals surface area (Å²) in [6.07, 6.45) is 4.00. The number of aromatic nitrogens is 1. The fraction of sp³-hybridized carbons (Fsp3) is 0.217. The van der Waals surface area contributed by atoms with Crippen LogP contribution >= 0.6 is 0 Å². The zero-order valence-corrected chi connectivity index (χ0v) is 16.1. The highest BCUT2D eigenvalue weighted by molar-refractivity contribution is 5.92. The summed E-state index contributed by atoms with van der Waals surface area (Å²) in [6.45, 7) is 3.55. The van der Waals surface area contributed by atoms with Gasteiger partial charge in [0, 0.05) is 30.2 Å². The van der Waals surface area contributed by atoms with Crippen molar-refractivity contribution in [3.05, 3.63) is 77.2 Å². The van der Waals surface area contributed by atoms with Crippen LogP contribution in [0, 0.1) is 5.82 Å². The fourth-order valence-electron chi connectivity index (χ4n) is 3.34. The van der Waals surface area contributed by atoms with Gasteiger partial charge >= 0.3 is 0 Å². The first-order valence-electron chi connectivity index (χ1n) is 9.57. The van der Waals surface area contributed by atoms with Crippen LogP contribution in [0.5, 0.6) is 5.75 Å². The molecule has 0 atom stereocenters. The number of rotatable bonds is 5. The molecule has 0 aliphatic carbocycles. The van der Waals surface area contributed by atoms with Crippen LogP contribution in [-0.2, 0) is 17.8 Å². The van der Waals surface area contributed by atoms with Crippen LogP contribution in [-0.4, -0.2) is 29.1 Å². The molecule has 3 aromatic rings. The third-order valence-electron chi connectivity index (χ3n) is 4.86. The van der Waals surface area contributed by atoms with E-state index in [0.29, 0.717) is 31.9 Å². The summed E-state index contributed by atoms with van der Waals surface area (Å²) in [5.74, 6) is 1.02. The topological polar surface area (TPSA) is 55.6 Å². The van der Waals surface area contributed by atoms with Crippen molar-refractivity contribution in [2.24, 2.45) is 0 Å². The van der Waals surface area contributed by atoms with Gasteiger partial charge in [-0.1, -0.05) is 17.3 Å². The molecule has 1 aromatic heterocycles. The second-order valence-electron chi connectivity index (χ2n) is 6.79. The van der Waals surface area contributed by atoms with Crippen LogP contribution in [0.3, 0.4) is 0 Å². The van der Waals surface area contributed by atoms with E-state index in [2.05, 4.69) is 5.16 Å². The Bertz CT molecular complexity index is 1020. The molecule has 148 valence electrons. The minimum atomic E-state index is -0.307. The van der Waals surface area contributed by atoms with E-state index in [1.165, 1.54) is 12.1 Å². The van der Waals surface area contributed by atoms with Gasteiger partial charge in [0.1, 0.15) is 11.6 Å². The van der Waals surface area contributed by atoms with E-state index >= 15 is 0 Å². The average Bonchev–Trinajstić information content (AvgIpc) is 3.17. The van der Waals surface area contributed by atoms with Gasteiger partial charge in [-0.15, -0.1) is 0 Å². The second-order valence-corrected chi connectivity index (χ2v) is 6.79. The maximum Gasteiger partial charge on any atom is 0.246 e. The van der Waals surface area contributed by atoms with Gasteiger partial charge in [0.2, 0.25) is 5.91 Å². The molecule has 0 saturated heterocycles. The summed E-state index contributed by atoms with van der Waals surface area (Å²) in [6, 6.07) is 13.7. The smallest absolute Gasteiger partial charge is 0.246 e. The number of benzene rings is 2. The largest absolute Gasteiger partial charge is 0.494 e. The predicted octanol–water partition coefficient (Wildman–Crippen LogP) is 4.48. The molecule has 2 aromatic carbocycles. The third kappa shape index (κ3) is 4.21. The van der Waals surface area contributed by atoms with Crippen LogP contribution in [0.4, 0.5) is 4.39 Å². The molecular weight excluding hydrogens is 371 g/mol. The molecular formula is C23H21FN2O3. The first kappa shape index (κ1) is 18.9. The van der Waals surface area contributed by atoms with E-state index in [0.717, 1.165) is 28.1 Å². The van der Waals surface area contributed by atoms with Crippen molar-refractivity contribution in [3.8, 4) is 17.1 Å². The van der Waals surface area contributed by atoms with Crippen LogP contribution in [0.15, 0.2) is 59.1 Å². The van der Waals surface area contributed by atoms with E-state index < -0.39 is 0 Å². The van der Waals surface area contributed by atoms with Gasteiger partial charge in [-0.05, 0) is 55.0 Å². The quantitative estimate of drug-likeness (QED) is 0.601. The third-order valence-corrected chi connectivity index (χ3v) is 4.86. The van der Waals surface area contributed by atoms with Crippen LogP contribution in [0.1, 0.15) is 23.7 Å². The number of hydrogen-bond donors (Lipinski definition) is 0. The Labute approximate surface area is 168 Å². The molecule has 0 spiro atoms. The fourth-order valence-corrected chi connectivity index (χ4v) is 3.34. The molecule has 0 N–H and O–H groups in total. The number of carbonyl (C=O) groups is 1. The van der Waals surface area contributed by atoms with Crippen molar-refractivity contribution >= 4 is 12.0 Å².